The predicted molar refractivity (Wildman–Crippen MR) is 76.8 cm³/mol. The first-order valence-electron chi connectivity index (χ1n) is 6.38. The molecule has 1 aromatic rings. The Kier molecular flexibility index (Phi) is 4.71. The van der Waals surface area contributed by atoms with Gasteiger partial charge in [0.05, 0.1) is 6.54 Å². The summed E-state index contributed by atoms with van der Waals surface area (Å²) in [5.41, 5.74) is 0.924. The van der Waals surface area contributed by atoms with Gasteiger partial charge in [0, 0.05) is 22.6 Å². The fourth-order valence-electron chi connectivity index (χ4n) is 2.20. The van der Waals surface area contributed by atoms with E-state index in [0.717, 1.165) is 12.1 Å². The number of hydrogen-bond donors (Lipinski definition) is 1. The SMILES string of the molecule is CC(c1ccc(Cl)cc1Cl)N(CC(=O)O)CC1CC1. The molecule has 1 aliphatic carbocycles. The van der Waals surface area contributed by atoms with Crippen LogP contribution in [0.25, 0.3) is 0 Å². The van der Waals surface area contributed by atoms with E-state index in [0.29, 0.717) is 16.0 Å². The summed E-state index contributed by atoms with van der Waals surface area (Å²) in [6.07, 6.45) is 2.38. The average molecular weight is 302 g/mol. The lowest BCUT2D eigenvalue weighted by molar-refractivity contribution is -0.139. The number of benzene rings is 1. The quantitative estimate of drug-likeness (QED) is 0.867. The summed E-state index contributed by atoms with van der Waals surface area (Å²) in [5.74, 6) is -0.175. The molecule has 1 atom stereocenters. The number of carboxylic acids is 1. The van der Waals surface area contributed by atoms with Crippen molar-refractivity contribution in [2.75, 3.05) is 13.1 Å². The highest BCUT2D eigenvalue weighted by molar-refractivity contribution is 6.35. The van der Waals surface area contributed by atoms with Crippen molar-refractivity contribution in [2.45, 2.75) is 25.8 Å². The molecule has 1 fully saturated rings. The predicted octanol–water partition coefficient (Wildman–Crippen LogP) is 3.85. The number of halogens is 2. The minimum atomic E-state index is -0.808. The van der Waals surface area contributed by atoms with Crippen molar-refractivity contribution in [2.24, 2.45) is 5.92 Å². The van der Waals surface area contributed by atoms with Crippen LogP contribution in [0.1, 0.15) is 31.4 Å². The monoisotopic (exact) mass is 301 g/mol. The summed E-state index contributed by atoms with van der Waals surface area (Å²) >= 11 is 12.1. The average Bonchev–Trinajstić information content (AvgIpc) is 3.10. The van der Waals surface area contributed by atoms with Gasteiger partial charge in [-0.15, -0.1) is 0 Å². The molecule has 0 heterocycles. The van der Waals surface area contributed by atoms with Gasteiger partial charge in [0.2, 0.25) is 0 Å². The highest BCUT2D eigenvalue weighted by Gasteiger charge is 2.28. The van der Waals surface area contributed by atoms with Crippen molar-refractivity contribution in [3.05, 3.63) is 33.8 Å². The maximum atomic E-state index is 11.0. The van der Waals surface area contributed by atoms with Crippen LogP contribution in [-0.4, -0.2) is 29.1 Å². The highest BCUT2D eigenvalue weighted by Crippen LogP contribution is 2.34. The fraction of sp³-hybridized carbons (Fsp3) is 0.500. The summed E-state index contributed by atoms with van der Waals surface area (Å²) in [6.45, 7) is 2.84. The van der Waals surface area contributed by atoms with E-state index in [9.17, 15) is 4.79 Å². The van der Waals surface area contributed by atoms with Crippen LogP contribution in [0.4, 0.5) is 0 Å². The molecule has 1 aromatic carbocycles. The second kappa shape index (κ2) is 6.12. The van der Waals surface area contributed by atoms with Crippen molar-refractivity contribution in [3.63, 3.8) is 0 Å². The Morgan fingerprint density at radius 1 is 1.47 bits per heavy atom. The highest BCUT2D eigenvalue weighted by atomic mass is 35.5. The van der Waals surface area contributed by atoms with Crippen LogP contribution in [0.15, 0.2) is 18.2 Å². The van der Waals surface area contributed by atoms with Gasteiger partial charge in [0.25, 0.3) is 0 Å². The third-order valence-electron chi connectivity index (χ3n) is 3.49. The summed E-state index contributed by atoms with van der Waals surface area (Å²) in [5, 5.41) is 10.2. The van der Waals surface area contributed by atoms with Gasteiger partial charge in [-0.1, -0.05) is 29.3 Å². The van der Waals surface area contributed by atoms with Crippen molar-refractivity contribution >= 4 is 29.2 Å². The molecule has 1 aliphatic rings. The Morgan fingerprint density at radius 3 is 2.68 bits per heavy atom. The standard InChI is InChI=1S/C14H17Cl2NO2/c1-9(12-5-4-11(15)6-13(12)16)17(8-14(18)19)7-10-2-3-10/h4-6,9-10H,2-3,7-8H2,1H3,(H,18,19). The largest absolute Gasteiger partial charge is 0.480 e. The van der Waals surface area contributed by atoms with Crippen LogP contribution in [0.5, 0.6) is 0 Å². The number of rotatable bonds is 6. The second-order valence-electron chi connectivity index (χ2n) is 5.11. The molecule has 0 saturated heterocycles. The van der Waals surface area contributed by atoms with Gasteiger partial charge < -0.3 is 5.11 Å². The van der Waals surface area contributed by atoms with Crippen molar-refractivity contribution in [3.8, 4) is 0 Å². The van der Waals surface area contributed by atoms with Gasteiger partial charge in [-0.2, -0.15) is 0 Å². The maximum Gasteiger partial charge on any atom is 0.317 e. The first kappa shape index (κ1) is 14.6. The van der Waals surface area contributed by atoms with Crippen LogP contribution in [0.2, 0.25) is 10.0 Å². The first-order chi connectivity index (χ1) is 8.97. The van der Waals surface area contributed by atoms with Gasteiger partial charge in [-0.3, -0.25) is 9.69 Å². The molecule has 1 saturated carbocycles. The zero-order valence-electron chi connectivity index (χ0n) is 10.8. The zero-order valence-corrected chi connectivity index (χ0v) is 12.3. The lowest BCUT2D eigenvalue weighted by Gasteiger charge is -2.28. The van der Waals surface area contributed by atoms with Crippen molar-refractivity contribution in [1.82, 2.24) is 4.90 Å². The number of aliphatic carboxylic acids is 1. The number of nitrogens with zero attached hydrogens (tertiary/aromatic N) is 1. The zero-order chi connectivity index (χ0) is 14.0. The fourth-order valence-corrected chi connectivity index (χ4v) is 2.77. The summed E-state index contributed by atoms with van der Waals surface area (Å²) < 4.78 is 0. The molecular weight excluding hydrogens is 285 g/mol. The third kappa shape index (κ3) is 4.10. The van der Waals surface area contributed by atoms with E-state index in [4.69, 9.17) is 28.3 Å². The number of hydrogen-bond acceptors (Lipinski definition) is 2. The Labute approximate surface area is 123 Å². The second-order valence-corrected chi connectivity index (χ2v) is 5.95. The van der Waals surface area contributed by atoms with Crippen LogP contribution in [0.3, 0.4) is 0 Å². The Hall–Kier alpha value is -0.770. The van der Waals surface area contributed by atoms with Crippen LogP contribution in [0, 0.1) is 5.92 Å². The van der Waals surface area contributed by atoms with E-state index < -0.39 is 5.97 Å². The molecule has 0 bridgehead atoms. The van der Waals surface area contributed by atoms with E-state index in [1.165, 1.54) is 12.8 Å². The molecule has 0 aliphatic heterocycles. The molecule has 0 aromatic heterocycles. The van der Waals surface area contributed by atoms with Crippen LogP contribution < -0.4 is 0 Å². The normalized spacial score (nSPS) is 16.6. The molecule has 2 rings (SSSR count). The van der Waals surface area contributed by atoms with Gasteiger partial charge in [-0.05, 0) is 43.4 Å². The number of carbonyl (C=O) groups is 1. The topological polar surface area (TPSA) is 40.5 Å². The molecular formula is C14H17Cl2NO2. The molecule has 0 radical (unpaired) electrons. The minimum absolute atomic E-state index is 0.0264. The van der Waals surface area contributed by atoms with Crippen molar-refractivity contribution in [1.29, 1.82) is 0 Å². The molecule has 0 amide bonds. The van der Waals surface area contributed by atoms with E-state index >= 15 is 0 Å². The molecule has 5 heteroatoms. The maximum absolute atomic E-state index is 11.0. The summed E-state index contributed by atoms with van der Waals surface area (Å²) in [7, 11) is 0. The Balaban J connectivity index is 2.16. The summed E-state index contributed by atoms with van der Waals surface area (Å²) in [6, 6.07) is 5.33. The van der Waals surface area contributed by atoms with E-state index in [1.54, 1.807) is 12.1 Å². The molecule has 1 unspecified atom stereocenters. The van der Waals surface area contributed by atoms with Gasteiger partial charge in [0.1, 0.15) is 0 Å². The van der Waals surface area contributed by atoms with Crippen LogP contribution >= 0.6 is 23.2 Å². The summed E-state index contributed by atoms with van der Waals surface area (Å²) in [4.78, 5) is 13.0. The lowest BCUT2D eigenvalue weighted by Crippen LogP contribution is -2.34. The molecule has 104 valence electrons. The molecule has 3 nitrogen and oxygen atoms in total. The molecule has 1 N–H and O–H groups in total. The number of carboxylic acid groups (broad SMARTS) is 1. The molecule has 0 spiro atoms. The first-order valence-corrected chi connectivity index (χ1v) is 7.13. The van der Waals surface area contributed by atoms with Crippen molar-refractivity contribution < 1.29 is 9.90 Å². The Morgan fingerprint density at radius 2 is 2.16 bits per heavy atom. The van der Waals surface area contributed by atoms with E-state index in [1.807, 2.05) is 17.9 Å². The minimum Gasteiger partial charge on any atom is -0.480 e. The van der Waals surface area contributed by atoms with Gasteiger partial charge in [0.15, 0.2) is 0 Å². The lowest BCUT2D eigenvalue weighted by atomic mass is 10.1. The van der Waals surface area contributed by atoms with E-state index in [-0.39, 0.29) is 12.6 Å². The van der Waals surface area contributed by atoms with Gasteiger partial charge >= 0.3 is 5.97 Å². The third-order valence-corrected chi connectivity index (χ3v) is 4.05. The molecule has 19 heavy (non-hydrogen) atoms. The Bertz CT molecular complexity index is 475. The van der Waals surface area contributed by atoms with E-state index in [2.05, 4.69) is 0 Å². The van der Waals surface area contributed by atoms with Crippen LogP contribution in [-0.2, 0) is 4.79 Å². The van der Waals surface area contributed by atoms with Gasteiger partial charge in [-0.25, -0.2) is 0 Å². The smallest absolute Gasteiger partial charge is 0.317 e.